The molecule has 102 valence electrons. The maximum absolute atomic E-state index is 5.57. The minimum absolute atomic E-state index is 0.105. The fourth-order valence-corrected chi connectivity index (χ4v) is 2.26. The molecule has 1 atom stereocenters. The average molecular weight is 267 g/mol. The lowest BCUT2D eigenvalue weighted by Gasteiger charge is -2.19. The number of aromatic nitrogens is 2. The highest BCUT2D eigenvalue weighted by molar-refractivity contribution is 5.52. The first-order valence-electron chi connectivity index (χ1n) is 6.58. The van der Waals surface area contributed by atoms with E-state index in [-0.39, 0.29) is 6.04 Å². The van der Waals surface area contributed by atoms with Gasteiger partial charge in [-0.1, -0.05) is 18.2 Å². The van der Waals surface area contributed by atoms with Gasteiger partial charge in [0.05, 0.1) is 6.26 Å². The molecule has 0 spiro atoms. The van der Waals surface area contributed by atoms with Gasteiger partial charge in [-0.15, -0.1) is 0 Å². The number of nitrogens with one attached hydrogen (secondary N) is 1. The second-order valence-electron chi connectivity index (χ2n) is 4.80. The van der Waals surface area contributed by atoms with Crippen molar-refractivity contribution in [1.29, 1.82) is 0 Å². The minimum atomic E-state index is -0.105. The lowest BCUT2D eigenvalue weighted by molar-refractivity contribution is 0.488. The van der Waals surface area contributed by atoms with Gasteiger partial charge in [-0.25, -0.2) is 4.98 Å². The molecule has 1 aromatic carbocycles. The summed E-state index contributed by atoms with van der Waals surface area (Å²) < 4.78 is 7.57. The highest BCUT2D eigenvalue weighted by Crippen LogP contribution is 2.27. The third kappa shape index (κ3) is 2.32. The molecule has 0 radical (unpaired) electrons. The van der Waals surface area contributed by atoms with Gasteiger partial charge in [0.15, 0.2) is 0 Å². The molecule has 0 fully saturated rings. The van der Waals surface area contributed by atoms with Crippen LogP contribution in [0.3, 0.4) is 0 Å². The van der Waals surface area contributed by atoms with E-state index in [0.29, 0.717) is 0 Å². The van der Waals surface area contributed by atoms with Crippen molar-refractivity contribution in [2.24, 2.45) is 7.05 Å². The molecule has 0 aliphatic carbocycles. The van der Waals surface area contributed by atoms with Gasteiger partial charge < -0.3 is 14.3 Å². The van der Waals surface area contributed by atoms with Crippen molar-refractivity contribution < 1.29 is 4.42 Å². The molecule has 4 heteroatoms. The summed E-state index contributed by atoms with van der Waals surface area (Å²) in [4.78, 5) is 4.44. The van der Waals surface area contributed by atoms with Gasteiger partial charge in [0.2, 0.25) is 0 Å². The number of rotatable bonds is 4. The topological polar surface area (TPSA) is 43.0 Å². The molecule has 0 amide bonds. The molecule has 0 aliphatic rings. The van der Waals surface area contributed by atoms with Crippen molar-refractivity contribution >= 4 is 5.69 Å². The summed E-state index contributed by atoms with van der Waals surface area (Å²) in [5.41, 5.74) is 2.27. The molecule has 1 unspecified atom stereocenters. The monoisotopic (exact) mass is 267 g/mol. The number of para-hydroxylation sites is 1. The molecule has 0 bridgehead atoms. The molecule has 2 aromatic heterocycles. The first-order chi connectivity index (χ1) is 9.75. The summed E-state index contributed by atoms with van der Waals surface area (Å²) in [6.45, 7) is 2.08. The number of benzene rings is 1. The third-order valence-corrected chi connectivity index (χ3v) is 3.39. The Balaban J connectivity index is 1.99. The molecule has 0 saturated carbocycles. The molecular formula is C16H17N3O. The SMILES string of the molecule is Cc1ccccc1NC(c1ccco1)c1nccn1C. The third-order valence-electron chi connectivity index (χ3n) is 3.39. The van der Waals surface area contributed by atoms with Crippen LogP contribution in [0.25, 0.3) is 0 Å². The number of hydrogen-bond donors (Lipinski definition) is 1. The van der Waals surface area contributed by atoms with Gasteiger partial charge >= 0.3 is 0 Å². The van der Waals surface area contributed by atoms with Crippen molar-refractivity contribution in [1.82, 2.24) is 9.55 Å². The smallest absolute Gasteiger partial charge is 0.143 e. The van der Waals surface area contributed by atoms with Gasteiger partial charge in [0, 0.05) is 25.1 Å². The van der Waals surface area contributed by atoms with Crippen LogP contribution >= 0.6 is 0 Å². The molecule has 2 heterocycles. The Hall–Kier alpha value is -2.49. The molecule has 0 aliphatic heterocycles. The number of nitrogens with zero attached hydrogens (tertiary/aromatic N) is 2. The van der Waals surface area contributed by atoms with Gasteiger partial charge in [0.25, 0.3) is 0 Å². The fraction of sp³-hybridized carbons (Fsp3) is 0.188. The average Bonchev–Trinajstić information content (AvgIpc) is 3.10. The zero-order valence-electron chi connectivity index (χ0n) is 11.6. The molecule has 20 heavy (non-hydrogen) atoms. The maximum atomic E-state index is 5.57. The first-order valence-corrected chi connectivity index (χ1v) is 6.58. The van der Waals surface area contributed by atoms with Gasteiger partial charge in [-0.2, -0.15) is 0 Å². The molecule has 4 nitrogen and oxygen atoms in total. The van der Waals surface area contributed by atoms with Crippen molar-refractivity contribution in [3.05, 3.63) is 72.2 Å². The summed E-state index contributed by atoms with van der Waals surface area (Å²) >= 11 is 0. The standard InChI is InChI=1S/C16H17N3O/c1-12-6-3-4-7-13(12)18-15(14-8-5-11-20-14)16-17-9-10-19(16)2/h3-11,15,18H,1-2H3. The Bertz CT molecular complexity index is 685. The molecule has 0 saturated heterocycles. The summed E-state index contributed by atoms with van der Waals surface area (Å²) in [7, 11) is 1.98. The van der Waals surface area contributed by atoms with Crippen LogP contribution in [-0.4, -0.2) is 9.55 Å². The molecule has 1 N–H and O–H groups in total. The molecular weight excluding hydrogens is 250 g/mol. The van der Waals surface area contributed by atoms with Crippen LogP contribution in [0, 0.1) is 6.92 Å². The van der Waals surface area contributed by atoms with E-state index >= 15 is 0 Å². The maximum Gasteiger partial charge on any atom is 0.143 e. The van der Waals surface area contributed by atoms with E-state index in [2.05, 4.69) is 29.4 Å². The summed E-state index contributed by atoms with van der Waals surface area (Å²) in [6, 6.07) is 11.9. The van der Waals surface area contributed by atoms with Crippen molar-refractivity contribution in [3.8, 4) is 0 Å². The predicted octanol–water partition coefficient (Wildman–Crippen LogP) is 3.52. The highest BCUT2D eigenvalue weighted by Gasteiger charge is 2.21. The van der Waals surface area contributed by atoms with Crippen LogP contribution < -0.4 is 5.32 Å². The van der Waals surface area contributed by atoms with Crippen LogP contribution in [0.1, 0.15) is 23.2 Å². The predicted molar refractivity (Wildman–Crippen MR) is 78.6 cm³/mol. The number of anilines is 1. The quantitative estimate of drug-likeness (QED) is 0.786. The van der Waals surface area contributed by atoms with Gasteiger partial charge in [0.1, 0.15) is 17.6 Å². The normalized spacial score (nSPS) is 12.3. The second kappa shape index (κ2) is 5.25. The Morgan fingerprint density at radius 3 is 2.70 bits per heavy atom. The van der Waals surface area contributed by atoms with Crippen LogP contribution in [0.2, 0.25) is 0 Å². The Kier molecular flexibility index (Phi) is 3.29. The fourth-order valence-electron chi connectivity index (χ4n) is 2.26. The van der Waals surface area contributed by atoms with Crippen molar-refractivity contribution in [3.63, 3.8) is 0 Å². The van der Waals surface area contributed by atoms with E-state index in [1.165, 1.54) is 5.56 Å². The first kappa shape index (κ1) is 12.5. The van der Waals surface area contributed by atoms with E-state index < -0.39 is 0 Å². The highest BCUT2D eigenvalue weighted by atomic mass is 16.3. The van der Waals surface area contributed by atoms with Crippen LogP contribution in [0.5, 0.6) is 0 Å². The Morgan fingerprint density at radius 1 is 1.20 bits per heavy atom. The molecule has 3 aromatic rings. The largest absolute Gasteiger partial charge is 0.467 e. The van der Waals surface area contributed by atoms with Gasteiger partial charge in [-0.05, 0) is 30.7 Å². The minimum Gasteiger partial charge on any atom is -0.467 e. The zero-order chi connectivity index (χ0) is 13.9. The lowest BCUT2D eigenvalue weighted by atomic mass is 10.1. The number of imidazole rings is 1. The van der Waals surface area contributed by atoms with Crippen molar-refractivity contribution in [2.45, 2.75) is 13.0 Å². The Morgan fingerprint density at radius 2 is 2.05 bits per heavy atom. The second-order valence-corrected chi connectivity index (χ2v) is 4.80. The van der Waals surface area contributed by atoms with Crippen LogP contribution in [-0.2, 0) is 7.05 Å². The summed E-state index contributed by atoms with van der Waals surface area (Å²) in [6.07, 6.45) is 5.42. The molecule has 3 rings (SSSR count). The number of furan rings is 1. The zero-order valence-corrected chi connectivity index (χ0v) is 11.6. The summed E-state index contributed by atoms with van der Waals surface area (Å²) in [5.74, 6) is 1.77. The van der Waals surface area contributed by atoms with E-state index in [9.17, 15) is 0 Å². The Labute approximate surface area is 118 Å². The van der Waals surface area contributed by atoms with E-state index in [4.69, 9.17) is 4.42 Å². The number of hydrogen-bond acceptors (Lipinski definition) is 3. The van der Waals surface area contributed by atoms with Gasteiger partial charge in [-0.3, -0.25) is 0 Å². The lowest BCUT2D eigenvalue weighted by Crippen LogP contribution is -2.16. The van der Waals surface area contributed by atoms with Crippen LogP contribution in [0.15, 0.2) is 59.5 Å². The van der Waals surface area contributed by atoms with E-state index in [1.807, 2.05) is 42.1 Å². The summed E-state index contributed by atoms with van der Waals surface area (Å²) in [5, 5.41) is 3.52. The van der Waals surface area contributed by atoms with Crippen LogP contribution in [0.4, 0.5) is 5.69 Å². The van der Waals surface area contributed by atoms with E-state index in [1.54, 1.807) is 12.5 Å². The van der Waals surface area contributed by atoms with E-state index in [0.717, 1.165) is 17.3 Å². The number of aryl methyl sites for hydroxylation is 2. The van der Waals surface area contributed by atoms with Crippen molar-refractivity contribution in [2.75, 3.05) is 5.32 Å².